The van der Waals surface area contributed by atoms with Crippen LogP contribution >= 0.6 is 27.5 Å². The van der Waals surface area contributed by atoms with Gasteiger partial charge in [-0.15, -0.1) is 0 Å². The number of halogens is 3. The number of hydrogen-bond acceptors (Lipinski definition) is 2. The molecular formula is C15H14BrClFNO. The third-order valence-electron chi connectivity index (χ3n) is 3.19. The molecule has 0 spiro atoms. The highest BCUT2D eigenvalue weighted by molar-refractivity contribution is 9.10. The molecule has 0 aliphatic rings. The van der Waals surface area contributed by atoms with Gasteiger partial charge < -0.3 is 10.5 Å². The molecule has 0 aromatic heterocycles. The van der Waals surface area contributed by atoms with Crippen LogP contribution in [-0.2, 0) is 0 Å². The summed E-state index contributed by atoms with van der Waals surface area (Å²) < 4.78 is 20.0. The van der Waals surface area contributed by atoms with Crippen molar-refractivity contribution < 1.29 is 9.13 Å². The smallest absolute Gasteiger partial charge is 0.148 e. The largest absolute Gasteiger partial charge is 0.496 e. The molecule has 2 aromatic rings. The van der Waals surface area contributed by atoms with Crippen LogP contribution in [0.1, 0.15) is 22.7 Å². The van der Waals surface area contributed by atoms with E-state index in [1.165, 1.54) is 0 Å². The lowest BCUT2D eigenvalue weighted by molar-refractivity contribution is 0.411. The van der Waals surface area contributed by atoms with Gasteiger partial charge in [0.05, 0.1) is 18.2 Å². The number of nitrogens with two attached hydrogens (primary N) is 1. The van der Waals surface area contributed by atoms with Gasteiger partial charge in [-0.2, -0.15) is 0 Å². The Morgan fingerprint density at radius 1 is 1.30 bits per heavy atom. The van der Waals surface area contributed by atoms with Crippen LogP contribution in [0, 0.1) is 12.7 Å². The second-order valence-corrected chi connectivity index (χ2v) is 5.70. The Balaban J connectivity index is 2.46. The van der Waals surface area contributed by atoms with Gasteiger partial charge in [0.1, 0.15) is 11.6 Å². The Hall–Kier alpha value is -1.10. The quantitative estimate of drug-likeness (QED) is 0.813. The van der Waals surface area contributed by atoms with E-state index in [0.29, 0.717) is 10.0 Å². The predicted molar refractivity (Wildman–Crippen MR) is 82.9 cm³/mol. The zero-order valence-electron chi connectivity index (χ0n) is 11.1. The lowest BCUT2D eigenvalue weighted by Crippen LogP contribution is -2.14. The molecule has 0 aliphatic carbocycles. The number of methoxy groups -OCH3 is 1. The zero-order valence-corrected chi connectivity index (χ0v) is 13.4. The van der Waals surface area contributed by atoms with Crippen LogP contribution in [0.25, 0.3) is 0 Å². The Bertz CT molecular complexity index is 648. The predicted octanol–water partition coefficient (Wildman–Crippen LogP) is 4.61. The molecular weight excluding hydrogens is 345 g/mol. The third kappa shape index (κ3) is 2.82. The van der Waals surface area contributed by atoms with E-state index in [1.807, 2.05) is 25.1 Å². The summed E-state index contributed by atoms with van der Waals surface area (Å²) in [7, 11) is 1.59. The van der Waals surface area contributed by atoms with E-state index in [4.69, 9.17) is 22.1 Å². The van der Waals surface area contributed by atoms with Gasteiger partial charge >= 0.3 is 0 Å². The molecule has 0 saturated heterocycles. The molecule has 0 heterocycles. The van der Waals surface area contributed by atoms with E-state index in [9.17, 15) is 4.39 Å². The molecule has 2 aromatic carbocycles. The van der Waals surface area contributed by atoms with Crippen molar-refractivity contribution >= 4 is 27.5 Å². The van der Waals surface area contributed by atoms with Crippen LogP contribution in [0.2, 0.25) is 5.02 Å². The summed E-state index contributed by atoms with van der Waals surface area (Å²) in [6, 6.07) is 8.28. The summed E-state index contributed by atoms with van der Waals surface area (Å²) in [6.45, 7) is 1.94. The average molecular weight is 359 g/mol. The summed E-state index contributed by atoms with van der Waals surface area (Å²) in [5, 5.41) is 0.0389. The molecule has 0 radical (unpaired) electrons. The van der Waals surface area contributed by atoms with Gasteiger partial charge in [0.25, 0.3) is 0 Å². The molecule has 2 N–H and O–H groups in total. The molecule has 20 heavy (non-hydrogen) atoms. The summed E-state index contributed by atoms with van der Waals surface area (Å²) in [5.41, 5.74) is 8.26. The first-order valence-corrected chi connectivity index (χ1v) is 7.16. The number of hydrogen-bond donors (Lipinski definition) is 1. The lowest BCUT2D eigenvalue weighted by Gasteiger charge is -2.16. The van der Waals surface area contributed by atoms with E-state index in [2.05, 4.69) is 15.9 Å². The van der Waals surface area contributed by atoms with Crippen LogP contribution in [0.3, 0.4) is 0 Å². The van der Waals surface area contributed by atoms with Crippen molar-refractivity contribution in [2.24, 2.45) is 5.73 Å². The van der Waals surface area contributed by atoms with Gasteiger partial charge in [-0.25, -0.2) is 4.39 Å². The van der Waals surface area contributed by atoms with Crippen molar-refractivity contribution in [3.8, 4) is 5.75 Å². The van der Waals surface area contributed by atoms with Crippen LogP contribution in [0.15, 0.2) is 34.8 Å². The summed E-state index contributed by atoms with van der Waals surface area (Å²) in [5.74, 6) is 0.217. The van der Waals surface area contributed by atoms with Crippen molar-refractivity contribution in [3.63, 3.8) is 0 Å². The highest BCUT2D eigenvalue weighted by atomic mass is 79.9. The molecule has 1 atom stereocenters. The first-order valence-electron chi connectivity index (χ1n) is 5.99. The molecule has 2 nitrogen and oxygen atoms in total. The van der Waals surface area contributed by atoms with E-state index < -0.39 is 11.9 Å². The van der Waals surface area contributed by atoms with Gasteiger partial charge in [-0.3, -0.25) is 0 Å². The molecule has 5 heteroatoms. The van der Waals surface area contributed by atoms with Crippen molar-refractivity contribution in [2.75, 3.05) is 7.11 Å². The number of benzene rings is 2. The first kappa shape index (κ1) is 15.3. The van der Waals surface area contributed by atoms with Crippen LogP contribution < -0.4 is 10.5 Å². The minimum atomic E-state index is -0.602. The zero-order chi connectivity index (χ0) is 14.9. The molecule has 0 fully saturated rings. The second kappa shape index (κ2) is 6.12. The standard InChI is InChI=1S/C15H14BrClFNO/c1-8-3-4-9(7-12(8)20-2)15(19)10-5-6-11(16)13(17)14(10)18/h3-7,15H,19H2,1-2H3. The van der Waals surface area contributed by atoms with E-state index >= 15 is 0 Å². The molecule has 2 rings (SSSR count). The molecule has 0 saturated carbocycles. The molecule has 0 aliphatic heterocycles. The highest BCUT2D eigenvalue weighted by Gasteiger charge is 2.18. The minimum Gasteiger partial charge on any atom is -0.496 e. The maximum Gasteiger partial charge on any atom is 0.148 e. The Labute approximate surface area is 130 Å². The van der Waals surface area contributed by atoms with Gasteiger partial charge in [0.2, 0.25) is 0 Å². The fraction of sp³-hybridized carbons (Fsp3) is 0.200. The van der Waals surface area contributed by atoms with Gasteiger partial charge in [0.15, 0.2) is 0 Å². The van der Waals surface area contributed by atoms with E-state index in [-0.39, 0.29) is 5.02 Å². The van der Waals surface area contributed by atoms with Gasteiger partial charge in [0, 0.05) is 10.0 Å². The van der Waals surface area contributed by atoms with E-state index in [1.54, 1.807) is 19.2 Å². The van der Waals surface area contributed by atoms with Crippen molar-refractivity contribution in [2.45, 2.75) is 13.0 Å². The molecule has 106 valence electrons. The molecule has 1 unspecified atom stereocenters. The average Bonchev–Trinajstić information content (AvgIpc) is 2.45. The summed E-state index contributed by atoms with van der Waals surface area (Å²) in [6.07, 6.45) is 0. The van der Waals surface area contributed by atoms with Crippen molar-refractivity contribution in [1.29, 1.82) is 0 Å². The molecule has 0 bridgehead atoms. The Kier molecular flexibility index (Phi) is 4.68. The fourth-order valence-corrected chi connectivity index (χ4v) is 2.47. The second-order valence-electron chi connectivity index (χ2n) is 4.47. The highest BCUT2D eigenvalue weighted by Crippen LogP contribution is 2.33. The van der Waals surface area contributed by atoms with Crippen LogP contribution in [0.5, 0.6) is 5.75 Å². The van der Waals surface area contributed by atoms with Crippen LogP contribution in [-0.4, -0.2) is 7.11 Å². The molecule has 0 amide bonds. The summed E-state index contributed by atoms with van der Waals surface area (Å²) >= 11 is 9.08. The summed E-state index contributed by atoms with van der Waals surface area (Å²) in [4.78, 5) is 0. The number of rotatable bonds is 3. The maximum absolute atomic E-state index is 14.2. The van der Waals surface area contributed by atoms with Crippen molar-refractivity contribution in [1.82, 2.24) is 0 Å². The minimum absolute atomic E-state index is 0.0389. The Morgan fingerprint density at radius 3 is 2.65 bits per heavy atom. The third-order valence-corrected chi connectivity index (χ3v) is 4.45. The van der Waals surface area contributed by atoms with Gasteiger partial charge in [-0.05, 0) is 46.1 Å². The topological polar surface area (TPSA) is 35.2 Å². The maximum atomic E-state index is 14.2. The lowest BCUT2D eigenvalue weighted by atomic mass is 9.98. The van der Waals surface area contributed by atoms with Crippen molar-refractivity contribution in [3.05, 3.63) is 62.3 Å². The van der Waals surface area contributed by atoms with Gasteiger partial charge in [-0.1, -0.05) is 29.8 Å². The Morgan fingerprint density at radius 2 is 2.00 bits per heavy atom. The van der Waals surface area contributed by atoms with E-state index in [0.717, 1.165) is 16.9 Å². The number of ether oxygens (including phenoxy) is 1. The SMILES string of the molecule is COc1cc(C(N)c2ccc(Br)c(Cl)c2F)ccc1C. The fourth-order valence-electron chi connectivity index (χ4n) is 1.99. The number of aryl methyl sites for hydroxylation is 1. The monoisotopic (exact) mass is 357 g/mol. The first-order chi connectivity index (χ1) is 9.45. The van der Waals surface area contributed by atoms with Crippen LogP contribution in [0.4, 0.5) is 4.39 Å². The normalized spacial score (nSPS) is 12.3.